The Labute approximate surface area is 145 Å². The van der Waals surface area contributed by atoms with E-state index in [4.69, 9.17) is 9.57 Å². The van der Waals surface area contributed by atoms with Crippen molar-refractivity contribution in [3.05, 3.63) is 22.4 Å². The molecule has 130 valence electrons. The van der Waals surface area contributed by atoms with Gasteiger partial charge in [-0.3, -0.25) is 4.79 Å². The van der Waals surface area contributed by atoms with Gasteiger partial charge in [-0.1, -0.05) is 5.16 Å². The summed E-state index contributed by atoms with van der Waals surface area (Å²) < 4.78 is 6.02. The van der Waals surface area contributed by atoms with Crippen LogP contribution in [0, 0.1) is 0 Å². The van der Waals surface area contributed by atoms with E-state index in [0.29, 0.717) is 25.2 Å². The summed E-state index contributed by atoms with van der Waals surface area (Å²) in [7, 11) is 0. The van der Waals surface area contributed by atoms with Gasteiger partial charge in [0, 0.05) is 25.8 Å². The van der Waals surface area contributed by atoms with Crippen LogP contribution in [0.1, 0.15) is 37.9 Å². The molecule has 2 fully saturated rings. The van der Waals surface area contributed by atoms with Crippen molar-refractivity contribution in [2.75, 3.05) is 26.2 Å². The highest BCUT2D eigenvalue weighted by Crippen LogP contribution is 2.34. The van der Waals surface area contributed by atoms with E-state index in [1.807, 2.05) is 17.2 Å². The summed E-state index contributed by atoms with van der Waals surface area (Å²) in [6, 6.07) is 2.07. The number of oxime groups is 1. The predicted molar refractivity (Wildman–Crippen MR) is 92.2 cm³/mol. The van der Waals surface area contributed by atoms with Gasteiger partial charge in [-0.25, -0.2) is 0 Å². The highest BCUT2D eigenvalue weighted by atomic mass is 32.1. The summed E-state index contributed by atoms with van der Waals surface area (Å²) in [4.78, 5) is 20.5. The van der Waals surface area contributed by atoms with E-state index in [-0.39, 0.29) is 23.7 Å². The Morgan fingerprint density at radius 3 is 3.00 bits per heavy atom. The number of rotatable bonds is 2. The molecule has 1 aromatic heterocycles. The second kappa shape index (κ2) is 6.46. The van der Waals surface area contributed by atoms with Gasteiger partial charge >= 0.3 is 0 Å². The highest BCUT2D eigenvalue weighted by molar-refractivity contribution is 7.07. The van der Waals surface area contributed by atoms with Gasteiger partial charge in [0.15, 0.2) is 0 Å². The van der Waals surface area contributed by atoms with E-state index >= 15 is 0 Å². The average Bonchev–Trinajstić information content (AvgIpc) is 3.25. The Morgan fingerprint density at radius 2 is 2.25 bits per heavy atom. The van der Waals surface area contributed by atoms with Gasteiger partial charge in [0.2, 0.25) is 0 Å². The van der Waals surface area contributed by atoms with Crippen LogP contribution in [-0.2, 0) is 14.4 Å². The van der Waals surface area contributed by atoms with Gasteiger partial charge < -0.3 is 19.8 Å². The van der Waals surface area contributed by atoms with Crippen LogP contribution in [0.5, 0.6) is 0 Å². The van der Waals surface area contributed by atoms with Crippen LogP contribution in [0.3, 0.4) is 0 Å². The lowest BCUT2D eigenvalue weighted by atomic mass is 9.87. The lowest BCUT2D eigenvalue weighted by molar-refractivity contribution is -0.138. The molecule has 1 aromatic rings. The van der Waals surface area contributed by atoms with Crippen LogP contribution in [0.25, 0.3) is 0 Å². The van der Waals surface area contributed by atoms with Crippen molar-refractivity contribution >= 4 is 23.0 Å². The Kier molecular flexibility index (Phi) is 4.32. The summed E-state index contributed by atoms with van der Waals surface area (Å²) in [5.41, 5.74) is 1.44. The standard InChI is InChI=1S/C17H23N3O3S/c1-12-9-20(10-15(22-12)13-2-7-24-11-13)16(21)14-8-17(23-19-14)3-5-18-6-4-17/h2,7,11-12,15,18H,3-6,8-10H2,1H3. The maximum atomic E-state index is 12.9. The van der Waals surface area contributed by atoms with Crippen molar-refractivity contribution in [2.24, 2.45) is 5.16 Å². The molecule has 1 spiro atoms. The maximum absolute atomic E-state index is 12.9. The Morgan fingerprint density at radius 1 is 1.42 bits per heavy atom. The van der Waals surface area contributed by atoms with E-state index in [2.05, 4.69) is 21.9 Å². The molecule has 0 radical (unpaired) electrons. The van der Waals surface area contributed by atoms with Gasteiger partial charge in [0.25, 0.3) is 5.91 Å². The molecule has 24 heavy (non-hydrogen) atoms. The molecule has 3 aliphatic heterocycles. The number of nitrogens with one attached hydrogen (secondary N) is 1. The summed E-state index contributed by atoms with van der Waals surface area (Å²) in [6.07, 6.45) is 2.40. The molecule has 1 amide bonds. The minimum absolute atomic E-state index is 0.000729. The quantitative estimate of drug-likeness (QED) is 0.886. The van der Waals surface area contributed by atoms with Gasteiger partial charge in [-0.2, -0.15) is 11.3 Å². The van der Waals surface area contributed by atoms with Crippen molar-refractivity contribution in [1.82, 2.24) is 10.2 Å². The second-order valence-electron chi connectivity index (χ2n) is 6.94. The zero-order valence-corrected chi connectivity index (χ0v) is 14.7. The molecular formula is C17H23N3O3S. The minimum Gasteiger partial charge on any atom is -0.388 e. The van der Waals surface area contributed by atoms with Gasteiger partial charge in [0.1, 0.15) is 17.4 Å². The van der Waals surface area contributed by atoms with Crippen LogP contribution >= 0.6 is 11.3 Å². The molecule has 2 unspecified atom stereocenters. The summed E-state index contributed by atoms with van der Waals surface area (Å²) in [5.74, 6) is 0.000729. The first-order valence-electron chi connectivity index (χ1n) is 8.58. The van der Waals surface area contributed by atoms with Gasteiger partial charge in [-0.05, 0) is 42.4 Å². The average molecular weight is 349 g/mol. The lowest BCUT2D eigenvalue weighted by Gasteiger charge is -2.36. The largest absolute Gasteiger partial charge is 0.388 e. The molecular weight excluding hydrogens is 326 g/mol. The Balaban J connectivity index is 1.44. The number of hydrogen-bond donors (Lipinski definition) is 1. The normalized spacial score (nSPS) is 29.4. The number of morpholine rings is 1. The van der Waals surface area contributed by atoms with Crippen LogP contribution < -0.4 is 5.32 Å². The maximum Gasteiger partial charge on any atom is 0.272 e. The van der Waals surface area contributed by atoms with Crippen molar-refractivity contribution in [1.29, 1.82) is 0 Å². The van der Waals surface area contributed by atoms with Crippen molar-refractivity contribution in [3.63, 3.8) is 0 Å². The number of carbonyl (C=O) groups is 1. The highest BCUT2D eigenvalue weighted by Gasteiger charge is 2.43. The van der Waals surface area contributed by atoms with Crippen molar-refractivity contribution in [2.45, 2.75) is 44.0 Å². The Hall–Kier alpha value is -1.44. The molecule has 2 saturated heterocycles. The van der Waals surface area contributed by atoms with E-state index in [1.165, 1.54) is 0 Å². The smallest absolute Gasteiger partial charge is 0.272 e. The monoisotopic (exact) mass is 349 g/mol. The molecule has 0 aliphatic carbocycles. The number of carbonyl (C=O) groups excluding carboxylic acids is 1. The number of hydrogen-bond acceptors (Lipinski definition) is 6. The summed E-state index contributed by atoms with van der Waals surface area (Å²) >= 11 is 1.65. The molecule has 0 saturated carbocycles. The topological polar surface area (TPSA) is 63.2 Å². The first kappa shape index (κ1) is 16.1. The number of ether oxygens (including phenoxy) is 1. The molecule has 2 atom stereocenters. The summed E-state index contributed by atoms with van der Waals surface area (Å²) in [6.45, 7) is 5.04. The van der Waals surface area contributed by atoms with Crippen LogP contribution in [0.4, 0.5) is 0 Å². The van der Waals surface area contributed by atoms with Crippen LogP contribution in [-0.4, -0.2) is 54.4 Å². The van der Waals surface area contributed by atoms with E-state index in [0.717, 1.165) is 31.5 Å². The van der Waals surface area contributed by atoms with Crippen LogP contribution in [0.15, 0.2) is 22.0 Å². The third kappa shape index (κ3) is 3.08. The SMILES string of the molecule is CC1CN(C(=O)C2=NOC3(CCNCC3)C2)CC(c2ccsc2)O1. The number of piperidine rings is 1. The van der Waals surface area contributed by atoms with Crippen molar-refractivity contribution in [3.8, 4) is 0 Å². The molecule has 7 heteroatoms. The molecule has 1 N–H and O–H groups in total. The molecule has 4 heterocycles. The zero-order valence-electron chi connectivity index (χ0n) is 13.9. The third-order valence-corrected chi connectivity index (χ3v) is 5.76. The van der Waals surface area contributed by atoms with E-state index < -0.39 is 0 Å². The number of nitrogens with zero attached hydrogens (tertiary/aromatic N) is 2. The predicted octanol–water partition coefficient (Wildman–Crippen LogP) is 1.93. The lowest BCUT2D eigenvalue weighted by Crippen LogP contribution is -2.49. The van der Waals surface area contributed by atoms with Crippen LogP contribution in [0.2, 0.25) is 0 Å². The fraction of sp³-hybridized carbons (Fsp3) is 0.647. The fourth-order valence-electron chi connectivity index (χ4n) is 3.73. The molecule has 6 nitrogen and oxygen atoms in total. The molecule has 3 aliphatic rings. The molecule has 4 rings (SSSR count). The second-order valence-corrected chi connectivity index (χ2v) is 7.72. The van der Waals surface area contributed by atoms with Crippen molar-refractivity contribution < 1.29 is 14.4 Å². The van der Waals surface area contributed by atoms with E-state index in [9.17, 15) is 4.79 Å². The number of amides is 1. The molecule has 0 bridgehead atoms. The third-order valence-electron chi connectivity index (χ3n) is 5.06. The molecule has 0 aromatic carbocycles. The van der Waals surface area contributed by atoms with Gasteiger partial charge in [-0.15, -0.1) is 0 Å². The Bertz CT molecular complexity index is 625. The fourth-order valence-corrected chi connectivity index (χ4v) is 4.43. The van der Waals surface area contributed by atoms with Gasteiger partial charge in [0.05, 0.1) is 12.6 Å². The first-order valence-corrected chi connectivity index (χ1v) is 9.52. The first-order chi connectivity index (χ1) is 11.7. The zero-order chi connectivity index (χ0) is 16.6. The number of thiophene rings is 1. The minimum atomic E-state index is -0.263. The van der Waals surface area contributed by atoms with E-state index in [1.54, 1.807) is 11.3 Å². The summed E-state index contributed by atoms with van der Waals surface area (Å²) in [5, 5.41) is 11.6.